The fourth-order valence-electron chi connectivity index (χ4n) is 3.98. The molecule has 5 nitrogen and oxygen atoms in total. The summed E-state index contributed by atoms with van der Waals surface area (Å²) >= 11 is 0. The van der Waals surface area contributed by atoms with Crippen molar-refractivity contribution in [3.05, 3.63) is 66.0 Å². The first-order valence-corrected chi connectivity index (χ1v) is 10.4. The van der Waals surface area contributed by atoms with Gasteiger partial charge in [0.2, 0.25) is 5.91 Å². The largest absolute Gasteiger partial charge is 0.494 e. The number of imide groups is 1. The molecule has 0 spiro atoms. The highest BCUT2D eigenvalue weighted by atomic mass is 19.1. The number of benzene rings is 2. The number of amides is 2. The molecule has 0 aliphatic carbocycles. The third-order valence-corrected chi connectivity index (χ3v) is 5.59. The van der Waals surface area contributed by atoms with Crippen LogP contribution in [0.1, 0.15) is 31.7 Å². The molecule has 0 radical (unpaired) electrons. The molecule has 0 unspecified atom stereocenters. The number of ether oxygens (including phenoxy) is 1. The molecule has 0 N–H and O–H groups in total. The molecule has 2 aliphatic rings. The highest BCUT2D eigenvalue weighted by molar-refractivity contribution is 6.22. The average molecular weight is 408 g/mol. The van der Waals surface area contributed by atoms with Gasteiger partial charge in [-0.15, -0.1) is 0 Å². The molecule has 4 rings (SSSR count). The Morgan fingerprint density at radius 3 is 2.43 bits per heavy atom. The van der Waals surface area contributed by atoms with Crippen LogP contribution in [-0.2, 0) is 9.59 Å². The molecule has 2 aromatic carbocycles. The lowest BCUT2D eigenvalue weighted by atomic mass is 9.98. The molecule has 2 amide bonds. The highest BCUT2D eigenvalue weighted by Gasteiger charge is 2.42. The minimum absolute atomic E-state index is 0.180. The van der Waals surface area contributed by atoms with E-state index >= 15 is 0 Å². The van der Waals surface area contributed by atoms with Gasteiger partial charge in [-0.25, -0.2) is 9.29 Å². The number of hydrogen-bond donors (Lipinski definition) is 0. The molecule has 156 valence electrons. The van der Waals surface area contributed by atoms with Crippen LogP contribution in [0.3, 0.4) is 0 Å². The van der Waals surface area contributed by atoms with Gasteiger partial charge in [0.05, 0.1) is 24.8 Å². The Balaban J connectivity index is 1.43. The smallest absolute Gasteiger partial charge is 0.251 e. The van der Waals surface area contributed by atoms with Crippen LogP contribution in [-0.4, -0.2) is 42.5 Å². The predicted octanol–water partition coefficient (Wildman–Crippen LogP) is 4.04. The van der Waals surface area contributed by atoms with Crippen LogP contribution in [0.5, 0.6) is 5.75 Å². The molecule has 1 fully saturated rings. The van der Waals surface area contributed by atoms with Gasteiger partial charge in [0.25, 0.3) is 5.91 Å². The molecule has 0 aromatic heterocycles. The van der Waals surface area contributed by atoms with Crippen molar-refractivity contribution in [1.29, 1.82) is 0 Å². The van der Waals surface area contributed by atoms with E-state index in [1.165, 1.54) is 17.0 Å². The van der Waals surface area contributed by atoms with Gasteiger partial charge >= 0.3 is 0 Å². The Morgan fingerprint density at radius 1 is 1.07 bits per heavy atom. The van der Waals surface area contributed by atoms with Crippen molar-refractivity contribution in [3.63, 3.8) is 0 Å². The second kappa shape index (κ2) is 8.79. The molecular formula is C24H25FN2O3. The lowest BCUT2D eigenvalue weighted by Crippen LogP contribution is -2.44. The molecule has 2 aliphatic heterocycles. The van der Waals surface area contributed by atoms with Crippen molar-refractivity contribution in [1.82, 2.24) is 4.90 Å². The predicted molar refractivity (Wildman–Crippen MR) is 114 cm³/mol. The maximum Gasteiger partial charge on any atom is 0.251 e. The molecular weight excluding hydrogens is 383 g/mol. The van der Waals surface area contributed by atoms with Crippen LogP contribution in [0.4, 0.5) is 10.1 Å². The van der Waals surface area contributed by atoms with E-state index in [0.29, 0.717) is 25.4 Å². The van der Waals surface area contributed by atoms with Gasteiger partial charge in [-0.2, -0.15) is 0 Å². The monoisotopic (exact) mass is 408 g/mol. The average Bonchev–Trinajstić information content (AvgIpc) is 3.07. The summed E-state index contributed by atoms with van der Waals surface area (Å²) in [6, 6.07) is 13.1. The van der Waals surface area contributed by atoms with Crippen molar-refractivity contribution in [3.8, 4) is 5.75 Å². The van der Waals surface area contributed by atoms with E-state index in [1.807, 2.05) is 11.8 Å². The fourth-order valence-corrected chi connectivity index (χ4v) is 3.98. The zero-order valence-corrected chi connectivity index (χ0v) is 17.0. The Hall–Kier alpha value is -2.99. The lowest BCUT2D eigenvalue weighted by Gasteiger charge is -2.30. The van der Waals surface area contributed by atoms with Crippen molar-refractivity contribution < 1.29 is 18.7 Å². The Morgan fingerprint density at radius 2 is 1.80 bits per heavy atom. The maximum atomic E-state index is 13.1. The van der Waals surface area contributed by atoms with Gasteiger partial charge in [0.15, 0.2) is 0 Å². The quantitative estimate of drug-likeness (QED) is 0.677. The number of rotatable bonds is 6. The maximum absolute atomic E-state index is 13.1. The second-order valence-corrected chi connectivity index (χ2v) is 7.61. The van der Waals surface area contributed by atoms with E-state index < -0.39 is 6.04 Å². The number of carbonyl (C=O) groups excluding carboxylic acids is 2. The number of halogens is 1. The molecule has 1 saturated heterocycles. The number of nitrogens with zero attached hydrogens (tertiary/aromatic N) is 2. The standard InChI is InChI=1S/C24H25FN2O3/c1-2-15-30-21-9-7-20(8-10-21)27-23(28)16-22(24(27)29)26-13-11-18(12-14-26)17-3-5-19(25)6-4-17/h3-11,22H,2,12-16H2,1H3/t22-/m1/s1. The van der Waals surface area contributed by atoms with E-state index in [1.54, 1.807) is 36.4 Å². The van der Waals surface area contributed by atoms with Crippen LogP contribution in [0.2, 0.25) is 0 Å². The van der Waals surface area contributed by atoms with E-state index in [0.717, 1.165) is 29.7 Å². The SMILES string of the molecule is CCCOc1ccc(N2C(=O)C[C@@H](N3CC=C(c4ccc(F)cc4)CC3)C2=O)cc1. The summed E-state index contributed by atoms with van der Waals surface area (Å²) in [6.07, 6.45) is 3.93. The van der Waals surface area contributed by atoms with Crippen LogP contribution in [0.25, 0.3) is 5.57 Å². The molecule has 2 heterocycles. The molecule has 30 heavy (non-hydrogen) atoms. The lowest BCUT2D eigenvalue weighted by molar-refractivity contribution is -0.122. The van der Waals surface area contributed by atoms with Gasteiger partial charge in [-0.3, -0.25) is 14.5 Å². The molecule has 0 bridgehead atoms. The van der Waals surface area contributed by atoms with Crippen molar-refractivity contribution in [2.45, 2.75) is 32.2 Å². The summed E-state index contributed by atoms with van der Waals surface area (Å²) in [4.78, 5) is 29.0. The Labute approximate surface area is 175 Å². The summed E-state index contributed by atoms with van der Waals surface area (Å²) in [6.45, 7) is 3.94. The number of hydrogen-bond acceptors (Lipinski definition) is 4. The minimum atomic E-state index is -0.445. The van der Waals surface area contributed by atoms with Crippen molar-refractivity contribution in [2.75, 3.05) is 24.6 Å². The molecule has 6 heteroatoms. The van der Waals surface area contributed by atoms with Crippen molar-refractivity contribution in [2.24, 2.45) is 0 Å². The number of anilines is 1. The normalized spacial score (nSPS) is 19.9. The van der Waals surface area contributed by atoms with Gasteiger partial charge in [0, 0.05) is 13.1 Å². The molecule has 2 aromatic rings. The molecule has 1 atom stereocenters. The number of carbonyl (C=O) groups is 2. The van der Waals surface area contributed by atoms with Gasteiger partial charge in [-0.05, 0) is 60.4 Å². The summed E-state index contributed by atoms with van der Waals surface area (Å²) < 4.78 is 18.7. The van der Waals surface area contributed by atoms with E-state index in [9.17, 15) is 14.0 Å². The Bertz CT molecular complexity index is 953. The topological polar surface area (TPSA) is 49.9 Å². The fraction of sp³-hybridized carbons (Fsp3) is 0.333. The van der Waals surface area contributed by atoms with Crippen LogP contribution >= 0.6 is 0 Å². The third-order valence-electron chi connectivity index (χ3n) is 5.59. The first kappa shape index (κ1) is 20.3. The highest BCUT2D eigenvalue weighted by Crippen LogP contribution is 2.30. The third kappa shape index (κ3) is 4.14. The Kier molecular flexibility index (Phi) is 5.95. The van der Waals surface area contributed by atoms with Gasteiger partial charge in [-0.1, -0.05) is 25.1 Å². The van der Waals surface area contributed by atoms with E-state index in [-0.39, 0.29) is 24.1 Å². The van der Waals surface area contributed by atoms with E-state index in [4.69, 9.17) is 4.74 Å². The van der Waals surface area contributed by atoms with Crippen LogP contribution < -0.4 is 9.64 Å². The summed E-state index contributed by atoms with van der Waals surface area (Å²) in [5.74, 6) is 0.115. The summed E-state index contributed by atoms with van der Waals surface area (Å²) in [5.41, 5.74) is 2.72. The first-order valence-electron chi connectivity index (χ1n) is 10.4. The summed E-state index contributed by atoms with van der Waals surface area (Å²) in [5, 5.41) is 0. The molecule has 0 saturated carbocycles. The van der Waals surface area contributed by atoms with Crippen LogP contribution in [0, 0.1) is 5.82 Å². The van der Waals surface area contributed by atoms with Gasteiger partial charge < -0.3 is 4.74 Å². The van der Waals surface area contributed by atoms with Crippen LogP contribution in [0.15, 0.2) is 54.6 Å². The second-order valence-electron chi connectivity index (χ2n) is 7.61. The first-order chi connectivity index (χ1) is 14.6. The summed E-state index contributed by atoms with van der Waals surface area (Å²) in [7, 11) is 0. The van der Waals surface area contributed by atoms with E-state index in [2.05, 4.69) is 6.08 Å². The van der Waals surface area contributed by atoms with Crippen molar-refractivity contribution >= 4 is 23.1 Å². The zero-order chi connectivity index (χ0) is 21.1. The minimum Gasteiger partial charge on any atom is -0.494 e. The van der Waals surface area contributed by atoms with Gasteiger partial charge in [0.1, 0.15) is 11.6 Å². The zero-order valence-electron chi connectivity index (χ0n) is 17.0.